The molecule has 0 bridgehead atoms. The lowest BCUT2D eigenvalue weighted by Gasteiger charge is -2.14. The van der Waals surface area contributed by atoms with Crippen LogP contribution in [0.5, 0.6) is 0 Å². The quantitative estimate of drug-likeness (QED) is 0.825. The van der Waals surface area contributed by atoms with E-state index in [-0.39, 0.29) is 12.5 Å². The maximum Gasteiger partial charge on any atom is 0.253 e. The smallest absolute Gasteiger partial charge is 0.253 e. The van der Waals surface area contributed by atoms with E-state index in [1.54, 1.807) is 11.9 Å². The molecule has 0 aromatic heterocycles. The van der Waals surface area contributed by atoms with Gasteiger partial charge in [-0.1, -0.05) is 17.9 Å². The van der Waals surface area contributed by atoms with Crippen LogP contribution in [0.25, 0.3) is 0 Å². The van der Waals surface area contributed by atoms with Gasteiger partial charge < -0.3 is 10.0 Å². The Balaban J connectivity index is 3.01. The molecule has 0 radical (unpaired) electrons. The number of rotatable bonds is 3. The molecule has 1 amide bonds. The van der Waals surface area contributed by atoms with E-state index in [0.717, 1.165) is 11.1 Å². The lowest BCUT2D eigenvalue weighted by Crippen LogP contribution is -2.26. The van der Waals surface area contributed by atoms with Gasteiger partial charge in [-0.05, 0) is 31.5 Å². The van der Waals surface area contributed by atoms with E-state index in [1.165, 1.54) is 0 Å². The third-order valence-corrected chi connectivity index (χ3v) is 2.77. The molecule has 96 valence electrons. The van der Waals surface area contributed by atoms with Crippen molar-refractivity contribution >= 4 is 5.91 Å². The number of carbonyl (C=O) groups is 1. The third kappa shape index (κ3) is 3.61. The maximum absolute atomic E-state index is 12.0. The van der Waals surface area contributed by atoms with Crippen molar-refractivity contribution in [2.24, 2.45) is 0 Å². The lowest BCUT2D eigenvalue weighted by molar-refractivity contribution is 0.0802. The topological polar surface area (TPSA) is 40.5 Å². The molecule has 3 nitrogen and oxygen atoms in total. The molecule has 0 heterocycles. The molecule has 1 aromatic carbocycles. The summed E-state index contributed by atoms with van der Waals surface area (Å²) in [7, 11) is 1.78. The minimum atomic E-state index is 0.00251. The monoisotopic (exact) mass is 245 g/mol. The average Bonchev–Trinajstić information content (AvgIpc) is 2.39. The van der Waals surface area contributed by atoms with Crippen molar-refractivity contribution in [3.63, 3.8) is 0 Å². The van der Waals surface area contributed by atoms with E-state index in [2.05, 4.69) is 11.8 Å². The van der Waals surface area contributed by atoms with Gasteiger partial charge in [0.15, 0.2) is 0 Å². The van der Waals surface area contributed by atoms with Crippen molar-refractivity contribution in [2.45, 2.75) is 20.3 Å². The van der Waals surface area contributed by atoms with Gasteiger partial charge in [0.25, 0.3) is 5.91 Å². The molecule has 18 heavy (non-hydrogen) atoms. The minimum Gasteiger partial charge on any atom is -0.395 e. The number of aliphatic hydroxyl groups excluding tert-OH is 1. The fourth-order valence-electron chi connectivity index (χ4n) is 1.47. The van der Waals surface area contributed by atoms with Gasteiger partial charge in [-0.15, -0.1) is 0 Å². The van der Waals surface area contributed by atoms with Crippen LogP contribution in [0.1, 0.15) is 34.8 Å². The van der Waals surface area contributed by atoms with E-state index >= 15 is 0 Å². The molecule has 0 unspecified atom stereocenters. The van der Waals surface area contributed by atoms with E-state index < -0.39 is 0 Å². The van der Waals surface area contributed by atoms with E-state index in [4.69, 9.17) is 5.11 Å². The first-order chi connectivity index (χ1) is 8.60. The van der Waals surface area contributed by atoms with Crippen LogP contribution in [0.15, 0.2) is 18.2 Å². The maximum atomic E-state index is 12.0. The molecule has 0 saturated carbocycles. The van der Waals surface area contributed by atoms with Crippen LogP contribution in [-0.4, -0.2) is 36.1 Å². The van der Waals surface area contributed by atoms with E-state index in [0.29, 0.717) is 18.5 Å². The molecule has 0 aliphatic rings. The highest BCUT2D eigenvalue weighted by molar-refractivity contribution is 5.94. The number of hydrogen-bond acceptors (Lipinski definition) is 2. The van der Waals surface area contributed by atoms with Gasteiger partial charge in [0.1, 0.15) is 0 Å². The summed E-state index contributed by atoms with van der Waals surface area (Å²) in [5.41, 5.74) is 2.54. The highest BCUT2D eigenvalue weighted by Gasteiger charge is 2.10. The molecule has 1 N–H and O–H groups in total. The number of benzene rings is 1. The molecule has 3 heteroatoms. The summed E-state index contributed by atoms with van der Waals surface area (Å²) in [6.45, 7) is 4.64. The van der Waals surface area contributed by atoms with E-state index in [1.807, 2.05) is 32.0 Å². The first-order valence-electron chi connectivity index (χ1n) is 6.06. The number of nitrogens with zero attached hydrogens (tertiary/aromatic N) is 1. The summed E-state index contributed by atoms with van der Waals surface area (Å²) >= 11 is 0. The van der Waals surface area contributed by atoms with Crippen molar-refractivity contribution in [1.29, 1.82) is 0 Å². The normalized spacial score (nSPS) is 9.56. The molecule has 0 aliphatic heterocycles. The van der Waals surface area contributed by atoms with Crippen molar-refractivity contribution in [2.75, 3.05) is 20.2 Å². The van der Waals surface area contributed by atoms with Crippen molar-refractivity contribution in [3.8, 4) is 11.8 Å². The number of hydrogen-bond donors (Lipinski definition) is 1. The SMILES string of the molecule is CCN(C)C(=O)c1ccc(C)c(C#CCCO)c1. The van der Waals surface area contributed by atoms with Crippen LogP contribution in [0, 0.1) is 18.8 Å². The predicted octanol–water partition coefficient (Wildman–Crippen LogP) is 1.82. The van der Waals surface area contributed by atoms with Gasteiger partial charge in [-0.25, -0.2) is 0 Å². The number of aliphatic hydroxyl groups is 1. The first-order valence-corrected chi connectivity index (χ1v) is 6.06. The Labute approximate surface area is 108 Å². The minimum absolute atomic E-state index is 0.00251. The van der Waals surface area contributed by atoms with Gasteiger partial charge in [-0.3, -0.25) is 4.79 Å². The Hall–Kier alpha value is -1.79. The predicted molar refractivity (Wildman–Crippen MR) is 72.4 cm³/mol. The van der Waals surface area contributed by atoms with Crippen molar-refractivity contribution < 1.29 is 9.90 Å². The fourth-order valence-corrected chi connectivity index (χ4v) is 1.47. The summed E-state index contributed by atoms with van der Waals surface area (Å²) in [6.07, 6.45) is 0.451. The Bertz CT molecular complexity index is 483. The second-order valence-electron chi connectivity index (χ2n) is 4.12. The zero-order chi connectivity index (χ0) is 13.5. The first kappa shape index (κ1) is 14.3. The molecule has 1 rings (SSSR count). The van der Waals surface area contributed by atoms with Crippen molar-refractivity contribution in [1.82, 2.24) is 4.90 Å². The summed E-state index contributed by atoms with van der Waals surface area (Å²) in [6, 6.07) is 5.54. The van der Waals surface area contributed by atoms with Gasteiger partial charge in [0, 0.05) is 31.1 Å². The second-order valence-corrected chi connectivity index (χ2v) is 4.12. The molecule has 0 saturated heterocycles. The van der Waals surface area contributed by atoms with Gasteiger partial charge >= 0.3 is 0 Å². The summed E-state index contributed by atoms with van der Waals surface area (Å²) in [4.78, 5) is 13.7. The van der Waals surface area contributed by atoms with Gasteiger partial charge in [0.05, 0.1) is 6.61 Å². The fraction of sp³-hybridized carbons (Fsp3) is 0.400. The zero-order valence-electron chi connectivity index (χ0n) is 11.2. The van der Waals surface area contributed by atoms with Crippen LogP contribution in [0.2, 0.25) is 0 Å². The molecular formula is C15H19NO2. The second kappa shape index (κ2) is 6.83. The van der Waals surface area contributed by atoms with E-state index in [9.17, 15) is 4.79 Å². The molecule has 1 aromatic rings. The number of carbonyl (C=O) groups excluding carboxylic acids is 1. The standard InChI is InChI=1S/C15H19NO2/c1-4-16(3)15(18)14-9-8-12(2)13(11-14)7-5-6-10-17/h8-9,11,17H,4,6,10H2,1-3H3. The van der Waals surface area contributed by atoms with Crippen LogP contribution in [0.4, 0.5) is 0 Å². The number of amides is 1. The molecule has 0 aliphatic carbocycles. The molecule has 0 spiro atoms. The average molecular weight is 245 g/mol. The Morgan fingerprint density at radius 1 is 1.44 bits per heavy atom. The highest BCUT2D eigenvalue weighted by atomic mass is 16.2. The number of aryl methyl sites for hydroxylation is 1. The van der Waals surface area contributed by atoms with Crippen LogP contribution in [-0.2, 0) is 0 Å². The zero-order valence-corrected chi connectivity index (χ0v) is 11.2. The summed E-state index contributed by atoms with van der Waals surface area (Å²) < 4.78 is 0. The Kier molecular flexibility index (Phi) is 5.41. The highest BCUT2D eigenvalue weighted by Crippen LogP contribution is 2.12. The van der Waals surface area contributed by atoms with Crippen molar-refractivity contribution in [3.05, 3.63) is 34.9 Å². The molecule has 0 fully saturated rings. The third-order valence-electron chi connectivity index (χ3n) is 2.77. The summed E-state index contributed by atoms with van der Waals surface area (Å²) in [5.74, 6) is 5.86. The lowest BCUT2D eigenvalue weighted by atomic mass is 10.0. The van der Waals surface area contributed by atoms with Crippen LogP contribution < -0.4 is 0 Å². The largest absolute Gasteiger partial charge is 0.395 e. The molecule has 0 atom stereocenters. The summed E-state index contributed by atoms with van der Waals surface area (Å²) in [5, 5.41) is 8.70. The van der Waals surface area contributed by atoms with Crippen LogP contribution >= 0.6 is 0 Å². The molecular weight excluding hydrogens is 226 g/mol. The van der Waals surface area contributed by atoms with Crippen LogP contribution in [0.3, 0.4) is 0 Å². The van der Waals surface area contributed by atoms with Gasteiger partial charge in [0.2, 0.25) is 0 Å². The van der Waals surface area contributed by atoms with Gasteiger partial charge in [-0.2, -0.15) is 0 Å². The Morgan fingerprint density at radius 2 is 2.17 bits per heavy atom. The Morgan fingerprint density at radius 3 is 2.78 bits per heavy atom.